The Morgan fingerprint density at radius 3 is 2.57 bits per heavy atom. The van der Waals surface area contributed by atoms with Crippen molar-refractivity contribution in [2.24, 2.45) is 0 Å². The third kappa shape index (κ3) is 4.51. The summed E-state index contributed by atoms with van der Waals surface area (Å²) in [5.41, 5.74) is 9.56. The van der Waals surface area contributed by atoms with Crippen molar-refractivity contribution >= 4 is 22.8 Å². The van der Waals surface area contributed by atoms with Crippen molar-refractivity contribution in [2.75, 3.05) is 12.3 Å². The van der Waals surface area contributed by atoms with Crippen LogP contribution < -0.4 is 15.8 Å². The fourth-order valence-corrected chi connectivity index (χ4v) is 3.83. The van der Waals surface area contributed by atoms with Crippen molar-refractivity contribution in [1.82, 2.24) is 30.0 Å². The molecule has 0 aliphatic heterocycles. The number of hydrogen-bond donors (Lipinski definition) is 2. The Morgan fingerprint density at radius 1 is 1.00 bits per heavy atom. The summed E-state index contributed by atoms with van der Waals surface area (Å²) >= 11 is 0. The number of para-hydroxylation sites is 1. The summed E-state index contributed by atoms with van der Waals surface area (Å²) in [7, 11) is 0. The molecule has 5 aromatic rings. The molecule has 0 unspecified atom stereocenters. The van der Waals surface area contributed by atoms with Gasteiger partial charge in [0.05, 0.1) is 11.9 Å². The minimum Gasteiger partial charge on any atom is -0.439 e. The average Bonchev–Trinajstić information content (AvgIpc) is 3.25. The summed E-state index contributed by atoms with van der Waals surface area (Å²) in [6, 6.07) is 20.5. The fourth-order valence-electron chi connectivity index (χ4n) is 3.83. The van der Waals surface area contributed by atoms with Gasteiger partial charge in [0.2, 0.25) is 5.88 Å². The highest BCUT2D eigenvalue weighted by atomic mass is 16.5. The molecule has 3 aromatic heterocycles. The minimum atomic E-state index is -0.132. The van der Waals surface area contributed by atoms with Crippen LogP contribution in [0.3, 0.4) is 0 Å². The van der Waals surface area contributed by atoms with Crippen molar-refractivity contribution in [1.29, 1.82) is 0 Å². The lowest BCUT2D eigenvalue weighted by molar-refractivity contribution is 0.0954. The van der Waals surface area contributed by atoms with Crippen molar-refractivity contribution in [3.05, 3.63) is 90.4 Å². The minimum absolute atomic E-state index is 0.132. The summed E-state index contributed by atoms with van der Waals surface area (Å²) < 4.78 is 7.53. The molecule has 3 N–H and O–H groups in total. The Balaban J connectivity index is 1.52. The van der Waals surface area contributed by atoms with E-state index in [1.165, 1.54) is 6.33 Å². The number of nitrogen functional groups attached to an aromatic ring is 1. The van der Waals surface area contributed by atoms with E-state index in [0.29, 0.717) is 52.8 Å². The molecule has 174 valence electrons. The first-order chi connectivity index (χ1) is 17.1. The molecule has 5 rings (SSSR count). The van der Waals surface area contributed by atoms with Crippen molar-refractivity contribution in [3.8, 4) is 22.9 Å². The number of rotatable bonds is 7. The number of nitrogens with two attached hydrogens (primary N) is 1. The number of pyridine rings is 1. The first-order valence-electron chi connectivity index (χ1n) is 11.2. The molecule has 9 nitrogen and oxygen atoms in total. The predicted octanol–water partition coefficient (Wildman–Crippen LogP) is 4.06. The summed E-state index contributed by atoms with van der Waals surface area (Å²) in [4.78, 5) is 25.6. The van der Waals surface area contributed by atoms with Gasteiger partial charge in [-0.1, -0.05) is 36.4 Å². The Hall–Kier alpha value is -4.79. The van der Waals surface area contributed by atoms with Crippen LogP contribution in [0.4, 0.5) is 5.82 Å². The zero-order valence-corrected chi connectivity index (χ0v) is 19.0. The molecule has 0 saturated heterocycles. The van der Waals surface area contributed by atoms with E-state index < -0.39 is 0 Å². The van der Waals surface area contributed by atoms with Gasteiger partial charge in [0.25, 0.3) is 5.91 Å². The maximum absolute atomic E-state index is 12.6. The molecule has 9 heteroatoms. The summed E-state index contributed by atoms with van der Waals surface area (Å²) in [5.74, 6) is 1.35. The number of amides is 1. The highest BCUT2D eigenvalue weighted by molar-refractivity contribution is 5.98. The van der Waals surface area contributed by atoms with E-state index in [1.807, 2.05) is 61.5 Å². The molecule has 0 bridgehead atoms. The first-order valence-corrected chi connectivity index (χ1v) is 11.2. The number of ether oxygens (including phenoxy) is 1. The van der Waals surface area contributed by atoms with E-state index in [-0.39, 0.29) is 5.91 Å². The van der Waals surface area contributed by atoms with Crippen LogP contribution in [-0.2, 0) is 6.54 Å². The van der Waals surface area contributed by atoms with Gasteiger partial charge in [-0.15, -0.1) is 0 Å². The number of anilines is 1. The normalized spacial score (nSPS) is 10.9. The molecule has 2 aromatic carbocycles. The summed E-state index contributed by atoms with van der Waals surface area (Å²) in [6.45, 7) is 2.77. The number of aromatic nitrogens is 5. The molecule has 0 atom stereocenters. The number of nitrogens with one attached hydrogen (secondary N) is 1. The Labute approximate surface area is 201 Å². The van der Waals surface area contributed by atoms with Crippen LogP contribution in [0, 0.1) is 0 Å². The van der Waals surface area contributed by atoms with E-state index in [9.17, 15) is 4.79 Å². The second-order valence-electron chi connectivity index (χ2n) is 7.78. The van der Waals surface area contributed by atoms with Gasteiger partial charge < -0.3 is 15.8 Å². The van der Waals surface area contributed by atoms with E-state index in [4.69, 9.17) is 15.6 Å². The van der Waals surface area contributed by atoms with Crippen LogP contribution in [0.5, 0.6) is 11.6 Å². The van der Waals surface area contributed by atoms with Crippen LogP contribution in [-0.4, -0.2) is 37.2 Å². The second-order valence-corrected chi connectivity index (χ2v) is 7.78. The molecule has 35 heavy (non-hydrogen) atoms. The second kappa shape index (κ2) is 9.60. The van der Waals surface area contributed by atoms with Crippen LogP contribution in [0.1, 0.15) is 22.8 Å². The van der Waals surface area contributed by atoms with E-state index in [1.54, 1.807) is 23.0 Å². The number of benzene rings is 2. The Bertz CT molecular complexity index is 1480. The number of carbonyl (C=O) groups excluding carboxylic acids is 1. The average molecular weight is 466 g/mol. The smallest absolute Gasteiger partial charge is 0.251 e. The van der Waals surface area contributed by atoms with Crippen molar-refractivity contribution in [3.63, 3.8) is 0 Å². The third-order valence-corrected chi connectivity index (χ3v) is 5.45. The molecular formula is C26H23N7O2. The highest BCUT2D eigenvalue weighted by Gasteiger charge is 2.19. The SMILES string of the molecule is CCNC(=O)c1ccccc1Cn1nc(-c2ccc(Oc3ccccc3)nc2)c2c(N)ncnc21. The number of nitrogens with zero attached hydrogens (tertiary/aromatic N) is 5. The Morgan fingerprint density at radius 2 is 1.80 bits per heavy atom. The molecule has 0 radical (unpaired) electrons. The number of fused-ring (bicyclic) bond motifs is 1. The van der Waals surface area contributed by atoms with Gasteiger partial charge in [-0.25, -0.2) is 19.6 Å². The van der Waals surface area contributed by atoms with Gasteiger partial charge in [0.1, 0.15) is 23.6 Å². The molecule has 0 spiro atoms. The third-order valence-electron chi connectivity index (χ3n) is 5.45. The van der Waals surface area contributed by atoms with Gasteiger partial charge in [-0.2, -0.15) is 5.10 Å². The predicted molar refractivity (Wildman–Crippen MR) is 133 cm³/mol. The monoisotopic (exact) mass is 465 g/mol. The van der Waals surface area contributed by atoms with E-state index in [0.717, 1.165) is 11.1 Å². The lowest BCUT2D eigenvalue weighted by atomic mass is 10.1. The zero-order valence-electron chi connectivity index (χ0n) is 19.0. The van der Waals surface area contributed by atoms with Crippen LogP contribution in [0.25, 0.3) is 22.3 Å². The van der Waals surface area contributed by atoms with Gasteiger partial charge in [-0.3, -0.25) is 4.79 Å². The van der Waals surface area contributed by atoms with Crippen LogP contribution in [0.2, 0.25) is 0 Å². The Kier molecular flexibility index (Phi) is 6.04. The van der Waals surface area contributed by atoms with Crippen LogP contribution in [0.15, 0.2) is 79.3 Å². The van der Waals surface area contributed by atoms with E-state index in [2.05, 4.69) is 20.3 Å². The molecule has 1 amide bonds. The zero-order chi connectivity index (χ0) is 24.2. The maximum atomic E-state index is 12.6. The van der Waals surface area contributed by atoms with Gasteiger partial charge in [0, 0.05) is 29.9 Å². The summed E-state index contributed by atoms with van der Waals surface area (Å²) in [6.07, 6.45) is 3.09. The molecular weight excluding hydrogens is 442 g/mol. The lowest BCUT2D eigenvalue weighted by Gasteiger charge is -2.10. The number of hydrogen-bond acceptors (Lipinski definition) is 7. The molecule has 0 fully saturated rings. The van der Waals surface area contributed by atoms with Crippen LogP contribution >= 0.6 is 0 Å². The van der Waals surface area contributed by atoms with E-state index >= 15 is 0 Å². The molecule has 0 aliphatic carbocycles. The fraction of sp³-hybridized carbons (Fsp3) is 0.115. The molecule has 0 saturated carbocycles. The lowest BCUT2D eigenvalue weighted by Crippen LogP contribution is -2.24. The van der Waals surface area contributed by atoms with Gasteiger partial charge >= 0.3 is 0 Å². The molecule has 3 heterocycles. The highest BCUT2D eigenvalue weighted by Crippen LogP contribution is 2.31. The maximum Gasteiger partial charge on any atom is 0.251 e. The summed E-state index contributed by atoms with van der Waals surface area (Å²) in [5, 5.41) is 8.28. The molecule has 0 aliphatic rings. The first kappa shape index (κ1) is 22.0. The van der Waals surface area contributed by atoms with Crippen molar-refractivity contribution in [2.45, 2.75) is 13.5 Å². The quantitative estimate of drug-likeness (QED) is 0.372. The largest absolute Gasteiger partial charge is 0.439 e. The van der Waals surface area contributed by atoms with Gasteiger partial charge in [0.15, 0.2) is 5.65 Å². The van der Waals surface area contributed by atoms with Gasteiger partial charge in [-0.05, 0) is 36.8 Å². The standard InChI is InChI=1S/C26H23N7O2/c1-2-28-26(34)20-11-7-6-8-18(20)15-33-25-22(24(27)30-16-31-25)23(32-33)17-12-13-21(29-14-17)35-19-9-4-3-5-10-19/h3-14,16H,2,15H2,1H3,(H,28,34)(H2,27,30,31). The van der Waals surface area contributed by atoms with Crippen molar-refractivity contribution < 1.29 is 9.53 Å². The number of carbonyl (C=O) groups is 1. The topological polar surface area (TPSA) is 121 Å².